The Labute approximate surface area is 93.8 Å². The predicted molar refractivity (Wildman–Crippen MR) is 63.1 cm³/mol. The quantitative estimate of drug-likeness (QED) is 0.755. The molecule has 0 aliphatic carbocycles. The predicted octanol–water partition coefficient (Wildman–Crippen LogP) is 2.87. The first-order valence-electron chi connectivity index (χ1n) is 6.71. The van der Waals surface area contributed by atoms with Crippen molar-refractivity contribution in [2.45, 2.75) is 69.9 Å². The van der Waals surface area contributed by atoms with Crippen LogP contribution in [-0.2, 0) is 4.74 Å². The molecule has 0 aromatic rings. The molecule has 0 spiro atoms. The Morgan fingerprint density at radius 2 is 2.33 bits per heavy atom. The van der Waals surface area contributed by atoms with Gasteiger partial charge in [-0.1, -0.05) is 6.92 Å². The van der Waals surface area contributed by atoms with Crippen LogP contribution < -0.4 is 5.32 Å². The zero-order chi connectivity index (χ0) is 10.6. The first-order chi connectivity index (χ1) is 7.35. The van der Waals surface area contributed by atoms with Crippen LogP contribution in [0.1, 0.15) is 58.3 Å². The Balaban J connectivity index is 1.67. The summed E-state index contributed by atoms with van der Waals surface area (Å²) in [6.07, 6.45) is 11.2. The van der Waals surface area contributed by atoms with Gasteiger partial charge in [-0.3, -0.25) is 0 Å². The normalized spacial score (nSPS) is 36.2. The third kappa shape index (κ3) is 2.94. The Morgan fingerprint density at radius 3 is 2.93 bits per heavy atom. The van der Waals surface area contributed by atoms with Gasteiger partial charge in [0.25, 0.3) is 0 Å². The van der Waals surface area contributed by atoms with Gasteiger partial charge < -0.3 is 10.1 Å². The van der Waals surface area contributed by atoms with Gasteiger partial charge in [-0.2, -0.15) is 0 Å². The van der Waals surface area contributed by atoms with Crippen LogP contribution in [0.3, 0.4) is 0 Å². The Hall–Kier alpha value is -0.0800. The van der Waals surface area contributed by atoms with Crippen LogP contribution in [0.2, 0.25) is 0 Å². The van der Waals surface area contributed by atoms with Crippen LogP contribution in [0.5, 0.6) is 0 Å². The van der Waals surface area contributed by atoms with Crippen molar-refractivity contribution < 1.29 is 4.74 Å². The molecule has 2 aliphatic heterocycles. The van der Waals surface area contributed by atoms with E-state index in [0.29, 0.717) is 11.6 Å². The molecule has 0 aromatic heterocycles. The maximum absolute atomic E-state index is 5.66. The van der Waals surface area contributed by atoms with Gasteiger partial charge in [-0.15, -0.1) is 0 Å². The van der Waals surface area contributed by atoms with E-state index in [9.17, 15) is 0 Å². The van der Waals surface area contributed by atoms with Gasteiger partial charge in [0.15, 0.2) is 0 Å². The number of hydrogen-bond acceptors (Lipinski definition) is 2. The lowest BCUT2D eigenvalue weighted by molar-refractivity contribution is 0.0994. The van der Waals surface area contributed by atoms with E-state index in [-0.39, 0.29) is 0 Å². The summed E-state index contributed by atoms with van der Waals surface area (Å²) in [7, 11) is 0. The van der Waals surface area contributed by atoms with Crippen LogP contribution in [-0.4, -0.2) is 24.8 Å². The van der Waals surface area contributed by atoms with Crippen LogP contribution in [0, 0.1) is 0 Å². The topological polar surface area (TPSA) is 21.3 Å². The molecule has 2 atom stereocenters. The van der Waals surface area contributed by atoms with Crippen molar-refractivity contribution in [3.63, 3.8) is 0 Å². The highest BCUT2D eigenvalue weighted by Crippen LogP contribution is 2.29. The van der Waals surface area contributed by atoms with Crippen LogP contribution in [0.25, 0.3) is 0 Å². The minimum Gasteiger partial charge on any atom is -0.378 e. The monoisotopic (exact) mass is 211 g/mol. The summed E-state index contributed by atoms with van der Waals surface area (Å²) >= 11 is 0. The molecule has 0 aromatic carbocycles. The van der Waals surface area contributed by atoms with Crippen molar-refractivity contribution in [3.05, 3.63) is 0 Å². The zero-order valence-electron chi connectivity index (χ0n) is 10.1. The summed E-state index contributed by atoms with van der Waals surface area (Å²) in [5, 5.41) is 3.70. The molecule has 2 aliphatic rings. The van der Waals surface area contributed by atoms with E-state index in [1.54, 1.807) is 0 Å². The molecule has 2 heteroatoms. The van der Waals surface area contributed by atoms with Crippen molar-refractivity contribution in [3.8, 4) is 0 Å². The lowest BCUT2D eigenvalue weighted by atomic mass is 9.87. The summed E-state index contributed by atoms with van der Waals surface area (Å²) in [6, 6.07) is 0. The third-order valence-corrected chi connectivity index (χ3v) is 4.21. The van der Waals surface area contributed by atoms with Crippen molar-refractivity contribution in [1.82, 2.24) is 5.32 Å². The smallest absolute Gasteiger partial charge is 0.0576 e. The maximum Gasteiger partial charge on any atom is 0.0576 e. The fourth-order valence-corrected chi connectivity index (χ4v) is 3.10. The molecule has 2 heterocycles. The number of nitrogens with one attached hydrogen (secondary N) is 1. The van der Waals surface area contributed by atoms with E-state index in [1.807, 2.05) is 0 Å². The first-order valence-corrected chi connectivity index (χ1v) is 6.71. The molecule has 2 unspecified atom stereocenters. The summed E-state index contributed by atoms with van der Waals surface area (Å²) in [5.41, 5.74) is 0.485. The molecule has 88 valence electrons. The van der Waals surface area contributed by atoms with Gasteiger partial charge in [0.05, 0.1) is 6.10 Å². The van der Waals surface area contributed by atoms with Crippen molar-refractivity contribution in [2.75, 3.05) is 13.2 Å². The lowest BCUT2D eigenvalue weighted by Crippen LogP contribution is -2.38. The molecule has 2 fully saturated rings. The van der Waals surface area contributed by atoms with Gasteiger partial charge in [0.2, 0.25) is 0 Å². The molecule has 15 heavy (non-hydrogen) atoms. The van der Waals surface area contributed by atoms with E-state index < -0.39 is 0 Å². The van der Waals surface area contributed by atoms with Gasteiger partial charge in [-0.05, 0) is 57.9 Å². The molecule has 2 rings (SSSR count). The summed E-state index contributed by atoms with van der Waals surface area (Å²) < 4.78 is 5.66. The average molecular weight is 211 g/mol. The van der Waals surface area contributed by atoms with Crippen molar-refractivity contribution in [2.24, 2.45) is 0 Å². The van der Waals surface area contributed by atoms with Crippen molar-refractivity contribution >= 4 is 0 Å². The summed E-state index contributed by atoms with van der Waals surface area (Å²) in [4.78, 5) is 0. The molecular formula is C13H25NO. The molecule has 0 radical (unpaired) electrons. The van der Waals surface area contributed by atoms with Crippen LogP contribution in [0.4, 0.5) is 0 Å². The lowest BCUT2D eigenvalue weighted by Gasteiger charge is -2.28. The number of ether oxygens (including phenoxy) is 1. The molecule has 1 N–H and O–H groups in total. The van der Waals surface area contributed by atoms with Crippen LogP contribution >= 0.6 is 0 Å². The van der Waals surface area contributed by atoms with Gasteiger partial charge in [0.1, 0.15) is 0 Å². The number of rotatable bonds is 5. The number of hydrogen-bond donors (Lipinski definition) is 1. The van der Waals surface area contributed by atoms with E-state index in [1.165, 1.54) is 57.9 Å². The van der Waals surface area contributed by atoms with Gasteiger partial charge in [0, 0.05) is 12.1 Å². The zero-order valence-corrected chi connectivity index (χ0v) is 10.1. The minimum atomic E-state index is 0.485. The second-order valence-electron chi connectivity index (χ2n) is 5.19. The maximum atomic E-state index is 5.66. The fourth-order valence-electron chi connectivity index (χ4n) is 3.10. The average Bonchev–Trinajstić information content (AvgIpc) is 2.89. The SMILES string of the molecule is CCC1(CCCC2CCCO2)CCCN1. The highest BCUT2D eigenvalue weighted by atomic mass is 16.5. The standard InChI is InChI=1S/C13H25NO/c1-2-13(9-5-10-14-13)8-3-6-12-7-4-11-15-12/h12,14H,2-11H2,1H3. The van der Waals surface area contributed by atoms with Gasteiger partial charge in [-0.25, -0.2) is 0 Å². The summed E-state index contributed by atoms with van der Waals surface area (Å²) in [6.45, 7) is 4.56. The van der Waals surface area contributed by atoms with Gasteiger partial charge >= 0.3 is 0 Å². The third-order valence-electron chi connectivity index (χ3n) is 4.21. The second kappa shape index (κ2) is 5.31. The molecule has 2 saturated heterocycles. The largest absolute Gasteiger partial charge is 0.378 e. The van der Waals surface area contributed by atoms with E-state index in [0.717, 1.165) is 6.61 Å². The van der Waals surface area contributed by atoms with Crippen LogP contribution in [0.15, 0.2) is 0 Å². The molecule has 0 amide bonds. The Bertz CT molecular complexity index is 181. The molecular weight excluding hydrogens is 186 g/mol. The van der Waals surface area contributed by atoms with E-state index >= 15 is 0 Å². The molecule has 0 bridgehead atoms. The summed E-state index contributed by atoms with van der Waals surface area (Å²) in [5.74, 6) is 0. The first kappa shape index (κ1) is 11.4. The fraction of sp³-hybridized carbons (Fsp3) is 1.00. The second-order valence-corrected chi connectivity index (χ2v) is 5.19. The Kier molecular flexibility index (Phi) is 4.04. The minimum absolute atomic E-state index is 0.485. The Morgan fingerprint density at radius 1 is 1.40 bits per heavy atom. The molecule has 2 nitrogen and oxygen atoms in total. The molecule has 0 saturated carbocycles. The van der Waals surface area contributed by atoms with E-state index in [2.05, 4.69) is 12.2 Å². The van der Waals surface area contributed by atoms with E-state index in [4.69, 9.17) is 4.74 Å². The highest BCUT2D eigenvalue weighted by molar-refractivity contribution is 4.91. The highest BCUT2D eigenvalue weighted by Gasteiger charge is 2.31. The van der Waals surface area contributed by atoms with Crippen molar-refractivity contribution in [1.29, 1.82) is 0 Å².